The first kappa shape index (κ1) is 14.3. The van der Waals surface area contributed by atoms with Crippen LogP contribution in [0.2, 0.25) is 0 Å². The van der Waals surface area contributed by atoms with Crippen molar-refractivity contribution in [3.63, 3.8) is 0 Å². The number of carbonyl (C=O) groups is 1. The lowest BCUT2D eigenvalue weighted by Gasteiger charge is -2.26. The van der Waals surface area contributed by atoms with Gasteiger partial charge in [-0.15, -0.1) is 0 Å². The first-order valence-corrected chi connectivity index (χ1v) is 5.49. The van der Waals surface area contributed by atoms with Gasteiger partial charge in [0.1, 0.15) is 5.60 Å². The van der Waals surface area contributed by atoms with E-state index in [1.807, 2.05) is 27.7 Å². The van der Waals surface area contributed by atoms with Gasteiger partial charge in [-0.3, -0.25) is 0 Å². The van der Waals surface area contributed by atoms with Crippen LogP contribution in [-0.4, -0.2) is 17.7 Å². The lowest BCUT2D eigenvalue weighted by Crippen LogP contribution is -2.39. The zero-order chi connectivity index (χ0) is 12.3. The molecule has 0 saturated carbocycles. The summed E-state index contributed by atoms with van der Waals surface area (Å²) in [5.41, 5.74) is -0.208. The number of alkyl carbamates (subject to hydrolysis) is 1. The van der Waals surface area contributed by atoms with Crippen LogP contribution in [0.1, 0.15) is 54.9 Å². The molecule has 0 aromatic carbocycles. The van der Waals surface area contributed by atoms with E-state index in [0.29, 0.717) is 0 Å². The Morgan fingerprint density at radius 1 is 1.20 bits per heavy atom. The van der Waals surface area contributed by atoms with E-state index in [9.17, 15) is 4.79 Å². The minimum Gasteiger partial charge on any atom is -0.444 e. The van der Waals surface area contributed by atoms with E-state index in [4.69, 9.17) is 4.74 Å². The highest BCUT2D eigenvalue weighted by molar-refractivity contribution is 5.68. The molecule has 90 valence electrons. The van der Waals surface area contributed by atoms with E-state index in [2.05, 4.69) is 26.1 Å². The van der Waals surface area contributed by atoms with Crippen LogP contribution in [0.4, 0.5) is 4.79 Å². The van der Waals surface area contributed by atoms with Gasteiger partial charge in [-0.2, -0.15) is 0 Å². The summed E-state index contributed by atoms with van der Waals surface area (Å²) >= 11 is 0. The molecule has 0 heterocycles. The number of carbonyl (C=O) groups excluding carboxylic acids is 1. The Hall–Kier alpha value is -0.730. The highest BCUT2D eigenvalue weighted by Crippen LogP contribution is 2.20. The van der Waals surface area contributed by atoms with Crippen molar-refractivity contribution in [3.8, 4) is 0 Å². The van der Waals surface area contributed by atoms with Crippen molar-refractivity contribution in [3.05, 3.63) is 0 Å². The van der Waals surface area contributed by atoms with Gasteiger partial charge in [0.2, 0.25) is 0 Å². The van der Waals surface area contributed by atoms with Crippen LogP contribution in [0.15, 0.2) is 0 Å². The molecule has 0 aromatic rings. The van der Waals surface area contributed by atoms with Gasteiger partial charge in [-0.25, -0.2) is 4.79 Å². The van der Waals surface area contributed by atoms with Gasteiger partial charge in [-0.05, 0) is 39.5 Å². The zero-order valence-electron chi connectivity index (χ0n) is 11.1. The molecule has 0 spiro atoms. The van der Waals surface area contributed by atoms with Gasteiger partial charge in [0.05, 0.1) is 0 Å². The maximum absolute atomic E-state index is 11.4. The van der Waals surface area contributed by atoms with E-state index in [0.717, 1.165) is 6.42 Å². The summed E-state index contributed by atoms with van der Waals surface area (Å²) < 4.78 is 5.17. The maximum atomic E-state index is 11.4. The molecule has 0 aromatic heterocycles. The molecule has 1 unspecified atom stereocenters. The third-order valence-electron chi connectivity index (χ3n) is 1.68. The Bertz CT molecular complexity index is 211. The fraction of sp³-hybridized carbons (Fsp3) is 0.917. The SMILES string of the molecule is CC(CC(C)(C)C)NC(=O)OC(C)(C)C. The van der Waals surface area contributed by atoms with Crippen molar-refractivity contribution < 1.29 is 9.53 Å². The first-order chi connectivity index (χ1) is 6.49. The summed E-state index contributed by atoms with van der Waals surface area (Å²) in [6, 6.07) is 0.139. The molecular weight excluding hydrogens is 190 g/mol. The molecule has 0 aliphatic rings. The van der Waals surface area contributed by atoms with Gasteiger partial charge < -0.3 is 10.1 Å². The summed E-state index contributed by atoms with van der Waals surface area (Å²) in [7, 11) is 0. The van der Waals surface area contributed by atoms with Crippen molar-refractivity contribution in [2.24, 2.45) is 5.41 Å². The van der Waals surface area contributed by atoms with Crippen LogP contribution in [0.25, 0.3) is 0 Å². The van der Waals surface area contributed by atoms with Crippen LogP contribution in [0.3, 0.4) is 0 Å². The molecule has 0 aliphatic heterocycles. The average Bonchev–Trinajstić information content (AvgIpc) is 1.73. The van der Waals surface area contributed by atoms with E-state index in [-0.39, 0.29) is 17.6 Å². The molecule has 0 fully saturated rings. The van der Waals surface area contributed by atoms with Gasteiger partial charge in [-0.1, -0.05) is 20.8 Å². The minimum absolute atomic E-state index is 0.139. The largest absolute Gasteiger partial charge is 0.444 e. The second kappa shape index (κ2) is 4.86. The van der Waals surface area contributed by atoms with Crippen molar-refractivity contribution in [2.75, 3.05) is 0 Å². The quantitative estimate of drug-likeness (QED) is 0.767. The summed E-state index contributed by atoms with van der Waals surface area (Å²) in [5.74, 6) is 0. The summed E-state index contributed by atoms with van der Waals surface area (Å²) in [4.78, 5) is 11.4. The molecule has 3 nitrogen and oxygen atoms in total. The third-order valence-corrected chi connectivity index (χ3v) is 1.68. The van der Waals surface area contributed by atoms with E-state index in [1.165, 1.54) is 0 Å². The van der Waals surface area contributed by atoms with Gasteiger partial charge in [0, 0.05) is 6.04 Å². The zero-order valence-corrected chi connectivity index (χ0v) is 11.1. The molecule has 1 amide bonds. The number of rotatable bonds is 2. The molecule has 0 rings (SSSR count). The lowest BCUT2D eigenvalue weighted by molar-refractivity contribution is 0.0498. The molecular formula is C12H25NO2. The van der Waals surface area contributed by atoms with Crippen molar-refractivity contribution in [2.45, 2.75) is 66.5 Å². The Labute approximate surface area is 93.6 Å². The van der Waals surface area contributed by atoms with Crippen molar-refractivity contribution >= 4 is 6.09 Å². The topological polar surface area (TPSA) is 38.3 Å². The van der Waals surface area contributed by atoms with Crippen LogP contribution in [0.5, 0.6) is 0 Å². The minimum atomic E-state index is -0.425. The number of nitrogens with one attached hydrogen (secondary N) is 1. The van der Waals surface area contributed by atoms with Gasteiger partial charge >= 0.3 is 6.09 Å². The number of hydrogen-bond acceptors (Lipinski definition) is 2. The van der Waals surface area contributed by atoms with Crippen LogP contribution in [0, 0.1) is 5.41 Å². The predicted octanol–water partition coefficient (Wildman–Crippen LogP) is 3.34. The molecule has 0 radical (unpaired) electrons. The fourth-order valence-corrected chi connectivity index (χ4v) is 1.48. The maximum Gasteiger partial charge on any atom is 0.407 e. The Morgan fingerprint density at radius 3 is 2.00 bits per heavy atom. The molecule has 3 heteroatoms. The Kier molecular flexibility index (Phi) is 4.63. The van der Waals surface area contributed by atoms with Crippen molar-refractivity contribution in [1.82, 2.24) is 5.32 Å². The molecule has 0 aliphatic carbocycles. The fourth-order valence-electron chi connectivity index (χ4n) is 1.48. The average molecular weight is 215 g/mol. The molecule has 1 N–H and O–H groups in total. The van der Waals surface area contributed by atoms with E-state index in [1.54, 1.807) is 0 Å². The van der Waals surface area contributed by atoms with E-state index >= 15 is 0 Å². The first-order valence-electron chi connectivity index (χ1n) is 5.49. The van der Waals surface area contributed by atoms with Gasteiger partial charge in [0.25, 0.3) is 0 Å². The van der Waals surface area contributed by atoms with Gasteiger partial charge in [0.15, 0.2) is 0 Å². The Balaban J connectivity index is 3.98. The molecule has 15 heavy (non-hydrogen) atoms. The summed E-state index contributed by atoms with van der Waals surface area (Å²) in [6.45, 7) is 14.0. The monoisotopic (exact) mass is 215 g/mol. The second-order valence-corrected chi connectivity index (χ2v) is 6.31. The van der Waals surface area contributed by atoms with Crippen LogP contribution >= 0.6 is 0 Å². The number of hydrogen-bond donors (Lipinski definition) is 1. The third kappa shape index (κ3) is 9.57. The van der Waals surface area contributed by atoms with Crippen LogP contribution in [-0.2, 0) is 4.74 Å². The Morgan fingerprint density at radius 2 is 1.67 bits per heavy atom. The number of amides is 1. The van der Waals surface area contributed by atoms with E-state index < -0.39 is 5.60 Å². The summed E-state index contributed by atoms with van der Waals surface area (Å²) in [5, 5.41) is 2.83. The molecule has 0 saturated heterocycles. The number of ether oxygens (including phenoxy) is 1. The molecule has 0 bridgehead atoms. The smallest absolute Gasteiger partial charge is 0.407 e. The van der Waals surface area contributed by atoms with Crippen LogP contribution < -0.4 is 5.32 Å². The van der Waals surface area contributed by atoms with Crippen molar-refractivity contribution in [1.29, 1.82) is 0 Å². The summed E-state index contributed by atoms with van der Waals surface area (Å²) in [6.07, 6.45) is 0.603. The predicted molar refractivity (Wildman–Crippen MR) is 62.9 cm³/mol. The highest BCUT2D eigenvalue weighted by Gasteiger charge is 2.20. The standard InChI is InChI=1S/C12H25NO2/c1-9(8-11(2,3)4)13-10(14)15-12(5,6)7/h9H,8H2,1-7H3,(H,13,14). The highest BCUT2D eigenvalue weighted by atomic mass is 16.6. The molecule has 1 atom stereocenters. The normalized spacial score (nSPS) is 14.6. The lowest BCUT2D eigenvalue weighted by atomic mass is 9.89. The second-order valence-electron chi connectivity index (χ2n) is 6.31.